The first-order chi connectivity index (χ1) is 13.4. The predicted molar refractivity (Wildman–Crippen MR) is 116 cm³/mol. The summed E-state index contributed by atoms with van der Waals surface area (Å²) in [6, 6.07) is 20.0. The van der Waals surface area contributed by atoms with Crippen molar-refractivity contribution in [2.24, 2.45) is 5.92 Å². The third-order valence-electron chi connectivity index (χ3n) is 6.25. The second-order valence-corrected chi connectivity index (χ2v) is 8.18. The van der Waals surface area contributed by atoms with E-state index < -0.39 is 0 Å². The van der Waals surface area contributed by atoms with Gasteiger partial charge in [-0.05, 0) is 42.0 Å². The highest BCUT2D eigenvalue weighted by Crippen LogP contribution is 2.39. The van der Waals surface area contributed by atoms with E-state index in [0.717, 1.165) is 11.7 Å². The number of methoxy groups -OCH3 is 1. The van der Waals surface area contributed by atoms with Crippen molar-refractivity contribution in [3.05, 3.63) is 65.7 Å². The van der Waals surface area contributed by atoms with Crippen molar-refractivity contribution in [2.45, 2.75) is 76.5 Å². The normalized spacial score (nSPS) is 18.9. The lowest BCUT2D eigenvalue weighted by atomic mass is 9.75. The fraction of sp³-hybridized carbons (Fsp3) is 0.538. The molecule has 2 aromatic rings. The van der Waals surface area contributed by atoms with Crippen LogP contribution in [0.4, 0.5) is 0 Å². The Morgan fingerprint density at radius 1 is 0.630 bits per heavy atom. The zero-order valence-corrected chi connectivity index (χ0v) is 17.0. The molecule has 3 rings (SSSR count). The van der Waals surface area contributed by atoms with Gasteiger partial charge in [-0.3, -0.25) is 0 Å². The van der Waals surface area contributed by atoms with Crippen LogP contribution in [0.1, 0.15) is 87.7 Å². The SMILES string of the molecule is COc1ccc(C(c2ccccc2)C2CCCCCCCCCCC2)cc1. The Balaban J connectivity index is 1.84. The zero-order valence-electron chi connectivity index (χ0n) is 17.0. The lowest BCUT2D eigenvalue weighted by molar-refractivity contribution is 0.361. The van der Waals surface area contributed by atoms with Crippen molar-refractivity contribution >= 4 is 0 Å². The molecule has 0 aromatic heterocycles. The van der Waals surface area contributed by atoms with Crippen LogP contribution in [-0.4, -0.2) is 7.11 Å². The van der Waals surface area contributed by atoms with Crippen molar-refractivity contribution in [3.63, 3.8) is 0 Å². The molecule has 1 fully saturated rings. The Hall–Kier alpha value is -1.76. The summed E-state index contributed by atoms with van der Waals surface area (Å²) in [5, 5.41) is 0. The molecule has 27 heavy (non-hydrogen) atoms. The Labute approximate surface area is 166 Å². The van der Waals surface area contributed by atoms with Gasteiger partial charge in [0.2, 0.25) is 0 Å². The fourth-order valence-electron chi connectivity index (χ4n) is 4.74. The molecule has 0 bridgehead atoms. The summed E-state index contributed by atoms with van der Waals surface area (Å²) in [6.07, 6.45) is 15.4. The molecule has 1 aliphatic rings. The number of ether oxygens (including phenoxy) is 1. The van der Waals surface area contributed by atoms with E-state index in [4.69, 9.17) is 4.74 Å². The second-order valence-electron chi connectivity index (χ2n) is 8.18. The monoisotopic (exact) mass is 364 g/mol. The smallest absolute Gasteiger partial charge is 0.118 e. The molecular formula is C26H36O. The van der Waals surface area contributed by atoms with Gasteiger partial charge in [0, 0.05) is 5.92 Å². The third-order valence-corrected chi connectivity index (χ3v) is 6.25. The number of rotatable bonds is 4. The Bertz CT molecular complexity index is 619. The molecule has 1 aliphatic carbocycles. The zero-order chi connectivity index (χ0) is 18.7. The van der Waals surface area contributed by atoms with Crippen LogP contribution in [0.25, 0.3) is 0 Å². The van der Waals surface area contributed by atoms with Crippen LogP contribution in [0, 0.1) is 5.92 Å². The van der Waals surface area contributed by atoms with Gasteiger partial charge in [-0.1, -0.05) is 100 Å². The first-order valence-corrected chi connectivity index (χ1v) is 11.1. The van der Waals surface area contributed by atoms with Crippen LogP contribution in [-0.2, 0) is 0 Å². The summed E-state index contributed by atoms with van der Waals surface area (Å²) in [5.41, 5.74) is 2.92. The highest BCUT2D eigenvalue weighted by atomic mass is 16.5. The van der Waals surface area contributed by atoms with Gasteiger partial charge >= 0.3 is 0 Å². The van der Waals surface area contributed by atoms with E-state index in [0.29, 0.717) is 5.92 Å². The highest BCUT2D eigenvalue weighted by molar-refractivity contribution is 5.36. The molecule has 0 radical (unpaired) electrons. The van der Waals surface area contributed by atoms with Crippen molar-refractivity contribution in [1.82, 2.24) is 0 Å². The van der Waals surface area contributed by atoms with Crippen LogP contribution in [0.2, 0.25) is 0 Å². The van der Waals surface area contributed by atoms with Crippen LogP contribution < -0.4 is 4.74 Å². The maximum atomic E-state index is 5.39. The van der Waals surface area contributed by atoms with Crippen molar-refractivity contribution in [3.8, 4) is 5.75 Å². The van der Waals surface area contributed by atoms with Crippen molar-refractivity contribution < 1.29 is 4.74 Å². The molecule has 2 aromatic carbocycles. The van der Waals surface area contributed by atoms with E-state index >= 15 is 0 Å². The van der Waals surface area contributed by atoms with Crippen LogP contribution >= 0.6 is 0 Å². The first kappa shape index (κ1) is 20.0. The van der Waals surface area contributed by atoms with Gasteiger partial charge in [0.1, 0.15) is 5.75 Å². The lowest BCUT2D eigenvalue weighted by Crippen LogP contribution is -2.15. The molecule has 1 atom stereocenters. The number of hydrogen-bond donors (Lipinski definition) is 0. The van der Waals surface area contributed by atoms with Crippen molar-refractivity contribution in [2.75, 3.05) is 7.11 Å². The van der Waals surface area contributed by atoms with E-state index in [1.165, 1.54) is 81.8 Å². The average Bonchev–Trinajstić information content (AvgIpc) is 2.71. The third kappa shape index (κ3) is 6.13. The van der Waals surface area contributed by atoms with Crippen molar-refractivity contribution in [1.29, 1.82) is 0 Å². The molecule has 0 N–H and O–H groups in total. The van der Waals surface area contributed by atoms with Crippen LogP contribution in [0.3, 0.4) is 0 Å². The molecule has 0 spiro atoms. The molecule has 0 amide bonds. The summed E-state index contributed by atoms with van der Waals surface area (Å²) in [5.74, 6) is 2.18. The van der Waals surface area contributed by atoms with Gasteiger partial charge in [0.15, 0.2) is 0 Å². The summed E-state index contributed by atoms with van der Waals surface area (Å²) in [6.45, 7) is 0. The maximum absolute atomic E-state index is 5.39. The molecule has 0 saturated heterocycles. The Morgan fingerprint density at radius 2 is 1.11 bits per heavy atom. The van der Waals surface area contributed by atoms with E-state index in [1.54, 1.807) is 7.11 Å². The highest BCUT2D eigenvalue weighted by Gasteiger charge is 2.24. The molecular weight excluding hydrogens is 328 g/mol. The summed E-state index contributed by atoms with van der Waals surface area (Å²) in [4.78, 5) is 0. The molecule has 0 heterocycles. The van der Waals surface area contributed by atoms with E-state index in [9.17, 15) is 0 Å². The first-order valence-electron chi connectivity index (χ1n) is 11.1. The van der Waals surface area contributed by atoms with Gasteiger partial charge in [0.05, 0.1) is 7.11 Å². The predicted octanol–water partition coefficient (Wildman–Crippen LogP) is 7.75. The summed E-state index contributed by atoms with van der Waals surface area (Å²) < 4.78 is 5.39. The van der Waals surface area contributed by atoms with E-state index in [1.807, 2.05) is 0 Å². The minimum Gasteiger partial charge on any atom is -0.497 e. The standard InChI is InChI=1S/C26H36O/c1-27-25-20-18-24(19-21-25)26(23-16-12-9-13-17-23)22-14-10-7-5-3-2-4-6-8-11-15-22/h9,12-13,16-22,26H,2-8,10-11,14-15H2,1H3. The summed E-state index contributed by atoms with van der Waals surface area (Å²) in [7, 11) is 1.75. The van der Waals surface area contributed by atoms with Gasteiger partial charge < -0.3 is 4.74 Å². The minimum absolute atomic E-state index is 0.500. The second kappa shape index (κ2) is 11.2. The molecule has 0 aliphatic heterocycles. The molecule has 1 nitrogen and oxygen atoms in total. The number of hydrogen-bond acceptors (Lipinski definition) is 1. The molecule has 1 saturated carbocycles. The van der Waals surface area contributed by atoms with Gasteiger partial charge in [-0.2, -0.15) is 0 Å². The molecule has 146 valence electrons. The van der Waals surface area contributed by atoms with Gasteiger partial charge in [0.25, 0.3) is 0 Å². The average molecular weight is 365 g/mol. The van der Waals surface area contributed by atoms with Gasteiger partial charge in [-0.25, -0.2) is 0 Å². The summed E-state index contributed by atoms with van der Waals surface area (Å²) >= 11 is 0. The topological polar surface area (TPSA) is 9.23 Å². The van der Waals surface area contributed by atoms with Crippen LogP contribution in [0.5, 0.6) is 5.75 Å². The Morgan fingerprint density at radius 3 is 1.63 bits per heavy atom. The van der Waals surface area contributed by atoms with Crippen LogP contribution in [0.15, 0.2) is 54.6 Å². The van der Waals surface area contributed by atoms with Gasteiger partial charge in [-0.15, -0.1) is 0 Å². The Kier molecular flexibility index (Phi) is 8.27. The fourth-order valence-corrected chi connectivity index (χ4v) is 4.74. The maximum Gasteiger partial charge on any atom is 0.118 e. The quantitative estimate of drug-likeness (QED) is 0.539. The molecule has 1 unspecified atom stereocenters. The van der Waals surface area contributed by atoms with E-state index in [2.05, 4.69) is 54.6 Å². The van der Waals surface area contributed by atoms with E-state index in [-0.39, 0.29) is 0 Å². The lowest BCUT2D eigenvalue weighted by Gasteiger charge is -2.29. The number of benzene rings is 2. The largest absolute Gasteiger partial charge is 0.497 e. The molecule has 1 heteroatoms. The minimum atomic E-state index is 0.500.